The number of benzene rings is 2. The molecule has 0 amide bonds. The Morgan fingerprint density at radius 3 is 2.59 bits per heavy atom. The fraction of sp³-hybridized carbons (Fsp3) is 0.294. The molecule has 0 bridgehead atoms. The summed E-state index contributed by atoms with van der Waals surface area (Å²) in [6.07, 6.45) is -4.01. The number of nitrogens with one attached hydrogen (secondary N) is 1. The molecule has 0 aliphatic carbocycles. The van der Waals surface area contributed by atoms with Crippen LogP contribution in [-0.2, 0) is 6.42 Å². The molecule has 5 heteroatoms. The van der Waals surface area contributed by atoms with Gasteiger partial charge < -0.3 is 10.1 Å². The Kier molecular flexibility index (Phi) is 3.51. The van der Waals surface area contributed by atoms with Gasteiger partial charge in [-0.3, -0.25) is 0 Å². The van der Waals surface area contributed by atoms with Crippen molar-refractivity contribution >= 4 is 5.69 Å². The lowest BCUT2D eigenvalue weighted by Crippen LogP contribution is -2.17. The molecule has 0 fully saturated rings. The maximum atomic E-state index is 12.3. The molecule has 2 aromatic carbocycles. The standard InChI is InChI=1S/C17H16F3NO/c1-10-3-4-11(2)14(7-10)16-9-12-8-13(22-17(18,19)20)5-6-15(12)21-16/h3-8,16,21H,9H2,1-2H3. The lowest BCUT2D eigenvalue weighted by atomic mass is 9.97. The molecule has 0 aromatic heterocycles. The van der Waals surface area contributed by atoms with E-state index in [2.05, 4.69) is 28.3 Å². The Morgan fingerprint density at radius 2 is 1.86 bits per heavy atom. The predicted octanol–water partition coefficient (Wildman–Crippen LogP) is 4.91. The molecule has 0 saturated carbocycles. The van der Waals surface area contributed by atoms with Gasteiger partial charge in [0.15, 0.2) is 0 Å². The monoisotopic (exact) mass is 307 g/mol. The predicted molar refractivity (Wildman–Crippen MR) is 79.1 cm³/mol. The summed E-state index contributed by atoms with van der Waals surface area (Å²) in [7, 11) is 0. The van der Waals surface area contributed by atoms with Gasteiger partial charge in [-0.25, -0.2) is 0 Å². The normalized spacial score (nSPS) is 17.0. The second-order valence-corrected chi connectivity index (χ2v) is 5.63. The summed E-state index contributed by atoms with van der Waals surface area (Å²) < 4.78 is 40.9. The average Bonchev–Trinajstić information content (AvgIpc) is 2.82. The molecule has 2 aromatic rings. The zero-order chi connectivity index (χ0) is 15.9. The van der Waals surface area contributed by atoms with Gasteiger partial charge in [0.2, 0.25) is 0 Å². The lowest BCUT2D eigenvalue weighted by molar-refractivity contribution is -0.274. The Labute approximate surface area is 126 Å². The van der Waals surface area contributed by atoms with Crippen LogP contribution in [0.4, 0.5) is 18.9 Å². The number of alkyl halides is 3. The number of ether oxygens (including phenoxy) is 1. The largest absolute Gasteiger partial charge is 0.573 e. The van der Waals surface area contributed by atoms with E-state index in [9.17, 15) is 13.2 Å². The van der Waals surface area contributed by atoms with Crippen LogP contribution in [0.25, 0.3) is 0 Å². The van der Waals surface area contributed by atoms with Crippen molar-refractivity contribution in [2.45, 2.75) is 32.7 Å². The number of hydrogen-bond acceptors (Lipinski definition) is 2. The van der Waals surface area contributed by atoms with Gasteiger partial charge in [0.25, 0.3) is 0 Å². The zero-order valence-corrected chi connectivity index (χ0v) is 12.3. The molecule has 0 radical (unpaired) electrons. The van der Waals surface area contributed by atoms with E-state index < -0.39 is 6.36 Å². The second-order valence-electron chi connectivity index (χ2n) is 5.63. The van der Waals surface area contributed by atoms with Crippen LogP contribution in [0.5, 0.6) is 5.75 Å². The van der Waals surface area contributed by atoms with Crippen LogP contribution in [0.15, 0.2) is 36.4 Å². The van der Waals surface area contributed by atoms with Gasteiger partial charge in [0.1, 0.15) is 5.75 Å². The van der Waals surface area contributed by atoms with Crippen molar-refractivity contribution in [2.24, 2.45) is 0 Å². The third-order valence-electron chi connectivity index (χ3n) is 3.87. The number of hydrogen-bond donors (Lipinski definition) is 1. The lowest BCUT2D eigenvalue weighted by Gasteiger charge is -2.15. The highest BCUT2D eigenvalue weighted by molar-refractivity contribution is 5.61. The van der Waals surface area contributed by atoms with Crippen molar-refractivity contribution < 1.29 is 17.9 Å². The first-order valence-corrected chi connectivity index (χ1v) is 7.04. The van der Waals surface area contributed by atoms with Crippen molar-refractivity contribution in [3.63, 3.8) is 0 Å². The van der Waals surface area contributed by atoms with Gasteiger partial charge in [-0.2, -0.15) is 0 Å². The molecule has 1 N–H and O–H groups in total. The van der Waals surface area contributed by atoms with Crippen LogP contribution in [0.1, 0.15) is 28.3 Å². The van der Waals surface area contributed by atoms with Crippen LogP contribution in [0.2, 0.25) is 0 Å². The molecule has 2 nitrogen and oxygen atoms in total. The van der Waals surface area contributed by atoms with Gasteiger partial charge in [-0.05, 0) is 55.2 Å². The fourth-order valence-electron chi connectivity index (χ4n) is 2.86. The van der Waals surface area contributed by atoms with Gasteiger partial charge in [-0.15, -0.1) is 13.2 Å². The highest BCUT2D eigenvalue weighted by Gasteiger charge is 2.32. The first kappa shape index (κ1) is 14.8. The minimum atomic E-state index is -4.66. The van der Waals surface area contributed by atoms with Crippen molar-refractivity contribution in [2.75, 3.05) is 5.32 Å². The van der Waals surface area contributed by atoms with Crippen LogP contribution in [0, 0.1) is 13.8 Å². The zero-order valence-electron chi connectivity index (χ0n) is 12.3. The van der Waals surface area contributed by atoms with Crippen LogP contribution < -0.4 is 10.1 Å². The van der Waals surface area contributed by atoms with Crippen molar-refractivity contribution in [3.05, 3.63) is 58.7 Å². The highest BCUT2D eigenvalue weighted by Crippen LogP contribution is 2.38. The summed E-state index contributed by atoms with van der Waals surface area (Å²) in [5.41, 5.74) is 5.21. The van der Waals surface area contributed by atoms with E-state index in [0.29, 0.717) is 6.42 Å². The molecule has 1 unspecified atom stereocenters. The van der Waals surface area contributed by atoms with Crippen molar-refractivity contribution in [1.82, 2.24) is 0 Å². The maximum absolute atomic E-state index is 12.3. The molecule has 1 aliphatic rings. The number of aryl methyl sites for hydroxylation is 2. The highest BCUT2D eigenvalue weighted by atomic mass is 19.4. The first-order chi connectivity index (χ1) is 10.3. The van der Waals surface area contributed by atoms with Gasteiger partial charge in [0.05, 0.1) is 6.04 Å². The summed E-state index contributed by atoms with van der Waals surface area (Å²) in [5.74, 6) is -0.172. The Morgan fingerprint density at radius 1 is 1.09 bits per heavy atom. The third kappa shape index (κ3) is 3.03. The molecule has 22 heavy (non-hydrogen) atoms. The Hall–Kier alpha value is -2.17. The van der Waals surface area contributed by atoms with E-state index in [0.717, 1.165) is 11.3 Å². The average molecular weight is 307 g/mol. The number of halogens is 3. The van der Waals surface area contributed by atoms with Gasteiger partial charge in [-0.1, -0.05) is 23.8 Å². The molecule has 0 spiro atoms. The molecule has 116 valence electrons. The van der Waals surface area contributed by atoms with E-state index >= 15 is 0 Å². The summed E-state index contributed by atoms with van der Waals surface area (Å²) in [5, 5.41) is 3.37. The molecule has 1 atom stereocenters. The number of rotatable bonds is 2. The Balaban J connectivity index is 1.85. The van der Waals surface area contributed by atoms with E-state index in [1.54, 1.807) is 6.07 Å². The Bertz CT molecular complexity index is 710. The molecule has 0 saturated heterocycles. The van der Waals surface area contributed by atoms with Crippen LogP contribution >= 0.6 is 0 Å². The minimum Gasteiger partial charge on any atom is -0.406 e. The molecular formula is C17H16F3NO. The SMILES string of the molecule is Cc1ccc(C)c(C2Cc3cc(OC(F)(F)F)ccc3N2)c1. The van der Waals surface area contributed by atoms with E-state index in [1.807, 2.05) is 13.8 Å². The molecule has 3 rings (SSSR count). The van der Waals surface area contributed by atoms with Crippen molar-refractivity contribution in [1.29, 1.82) is 0 Å². The summed E-state index contributed by atoms with van der Waals surface area (Å²) in [6.45, 7) is 4.07. The summed E-state index contributed by atoms with van der Waals surface area (Å²) in [4.78, 5) is 0. The smallest absolute Gasteiger partial charge is 0.406 e. The van der Waals surface area contributed by atoms with E-state index in [4.69, 9.17) is 0 Å². The van der Waals surface area contributed by atoms with Gasteiger partial charge >= 0.3 is 6.36 Å². The molecule has 1 aliphatic heterocycles. The first-order valence-electron chi connectivity index (χ1n) is 7.04. The number of anilines is 1. The maximum Gasteiger partial charge on any atom is 0.573 e. The topological polar surface area (TPSA) is 21.3 Å². The van der Waals surface area contributed by atoms with Crippen LogP contribution in [0.3, 0.4) is 0 Å². The summed E-state index contributed by atoms with van der Waals surface area (Å²) >= 11 is 0. The molecule has 1 heterocycles. The minimum absolute atomic E-state index is 0.0797. The van der Waals surface area contributed by atoms with E-state index in [1.165, 1.54) is 28.8 Å². The fourth-order valence-corrected chi connectivity index (χ4v) is 2.86. The quantitative estimate of drug-likeness (QED) is 0.851. The van der Waals surface area contributed by atoms with E-state index in [-0.39, 0.29) is 11.8 Å². The van der Waals surface area contributed by atoms with Gasteiger partial charge in [0, 0.05) is 5.69 Å². The molecular weight excluding hydrogens is 291 g/mol. The number of fused-ring (bicyclic) bond motifs is 1. The second kappa shape index (κ2) is 5.23. The van der Waals surface area contributed by atoms with Crippen LogP contribution in [-0.4, -0.2) is 6.36 Å². The van der Waals surface area contributed by atoms with Crippen molar-refractivity contribution in [3.8, 4) is 5.75 Å². The summed E-state index contributed by atoms with van der Waals surface area (Å²) in [6, 6.07) is 10.7. The third-order valence-corrected chi connectivity index (χ3v) is 3.87.